The molecule has 5 aromatic rings. The van der Waals surface area contributed by atoms with E-state index < -0.39 is 0 Å². The Morgan fingerprint density at radius 1 is 0.868 bits per heavy atom. The molecule has 186 valence electrons. The Morgan fingerprint density at radius 2 is 1.68 bits per heavy atom. The number of hydrogen-bond donors (Lipinski definition) is 0. The molecule has 0 atom stereocenters. The highest BCUT2D eigenvalue weighted by atomic mass is 32.1. The van der Waals surface area contributed by atoms with Crippen molar-refractivity contribution in [2.75, 3.05) is 0 Å². The lowest BCUT2D eigenvalue weighted by Crippen LogP contribution is -1.93. The summed E-state index contributed by atoms with van der Waals surface area (Å²) in [7, 11) is 0. The van der Waals surface area contributed by atoms with E-state index in [0.717, 1.165) is 28.9 Å². The van der Waals surface area contributed by atoms with E-state index in [1.165, 1.54) is 55.3 Å². The number of aromatic nitrogens is 1. The number of aryl methyl sites for hydroxylation is 1. The van der Waals surface area contributed by atoms with Crippen LogP contribution in [0.25, 0.3) is 54.3 Å². The van der Waals surface area contributed by atoms with Crippen LogP contribution in [-0.2, 0) is 6.42 Å². The zero-order valence-electron chi connectivity index (χ0n) is 21.9. The van der Waals surface area contributed by atoms with Crippen LogP contribution in [0.3, 0.4) is 0 Å². The fourth-order valence-electron chi connectivity index (χ4n) is 5.29. The van der Waals surface area contributed by atoms with Crippen LogP contribution in [0.4, 0.5) is 0 Å². The number of rotatable bonds is 5. The molecule has 0 saturated carbocycles. The molecule has 1 aliphatic carbocycles. The minimum atomic E-state index is 1.06. The summed E-state index contributed by atoms with van der Waals surface area (Å²) < 4.78 is 1.22. The van der Waals surface area contributed by atoms with Crippen molar-refractivity contribution >= 4 is 44.0 Å². The molecular weight excluding hydrogens is 478 g/mol. The molecule has 4 aromatic carbocycles. The summed E-state index contributed by atoms with van der Waals surface area (Å²) in [6.45, 7) is 4.17. The van der Waals surface area contributed by atoms with Crippen molar-refractivity contribution in [3.8, 4) is 21.7 Å². The van der Waals surface area contributed by atoms with Crippen molar-refractivity contribution in [2.45, 2.75) is 33.1 Å². The standard InChI is InChI=1S/C36H31NS/c1-3-4-5-7-12-25(2)26-17-19-27(20-18-26)36-37-34-22-21-29(24-35(34)38-36)33-23-28-13-8-6-9-14-30(28)31-15-10-11-16-32(31)33/h3-5,7-8,10-13,15-24H,6,9,14H2,1-2H3/b4-3-,7-5-,25-12+. The van der Waals surface area contributed by atoms with Gasteiger partial charge in [0.25, 0.3) is 0 Å². The molecule has 1 aromatic heterocycles. The molecule has 0 unspecified atom stereocenters. The van der Waals surface area contributed by atoms with Crippen LogP contribution < -0.4 is 0 Å². The minimum Gasteiger partial charge on any atom is -0.236 e. The number of hydrogen-bond acceptors (Lipinski definition) is 2. The largest absolute Gasteiger partial charge is 0.236 e. The van der Waals surface area contributed by atoms with Crippen molar-refractivity contribution in [3.63, 3.8) is 0 Å². The van der Waals surface area contributed by atoms with E-state index in [-0.39, 0.29) is 0 Å². The zero-order valence-corrected chi connectivity index (χ0v) is 22.8. The summed E-state index contributed by atoms with van der Waals surface area (Å²) >= 11 is 1.77. The number of thiazole rings is 1. The summed E-state index contributed by atoms with van der Waals surface area (Å²) in [4.78, 5) is 4.98. The lowest BCUT2D eigenvalue weighted by atomic mass is 9.90. The molecule has 0 spiro atoms. The molecule has 1 heterocycles. The maximum Gasteiger partial charge on any atom is 0.124 e. The summed E-state index contributed by atoms with van der Waals surface area (Å²) in [6, 6.07) is 26.8. The van der Waals surface area contributed by atoms with Gasteiger partial charge in [-0.15, -0.1) is 11.3 Å². The zero-order chi connectivity index (χ0) is 25.9. The molecular formula is C36H31NS. The lowest BCUT2D eigenvalue weighted by molar-refractivity contribution is 0.857. The van der Waals surface area contributed by atoms with Crippen LogP contribution in [-0.4, -0.2) is 4.98 Å². The van der Waals surface area contributed by atoms with Gasteiger partial charge in [0.2, 0.25) is 0 Å². The van der Waals surface area contributed by atoms with Crippen molar-refractivity contribution in [1.29, 1.82) is 0 Å². The molecule has 0 amide bonds. The van der Waals surface area contributed by atoms with Gasteiger partial charge >= 0.3 is 0 Å². The molecule has 1 nitrogen and oxygen atoms in total. The average molecular weight is 510 g/mol. The van der Waals surface area contributed by atoms with Gasteiger partial charge in [-0.25, -0.2) is 4.98 Å². The number of allylic oxidation sites excluding steroid dienone is 7. The van der Waals surface area contributed by atoms with E-state index in [4.69, 9.17) is 4.98 Å². The molecule has 1 aliphatic rings. The third-order valence-corrected chi connectivity index (χ3v) is 8.40. The van der Waals surface area contributed by atoms with Crippen LogP contribution in [0.15, 0.2) is 109 Å². The maximum absolute atomic E-state index is 4.98. The van der Waals surface area contributed by atoms with Gasteiger partial charge in [0.1, 0.15) is 5.01 Å². The number of fused-ring (bicyclic) bond motifs is 4. The Bertz CT molecular complexity index is 1740. The maximum atomic E-state index is 4.98. The van der Waals surface area contributed by atoms with Crippen LogP contribution in [0, 0.1) is 0 Å². The highest BCUT2D eigenvalue weighted by Gasteiger charge is 2.15. The monoisotopic (exact) mass is 509 g/mol. The second-order valence-electron chi connectivity index (χ2n) is 9.87. The molecule has 0 radical (unpaired) electrons. The van der Waals surface area contributed by atoms with E-state index in [9.17, 15) is 0 Å². The number of benzene rings is 4. The second kappa shape index (κ2) is 10.8. The first-order valence-electron chi connectivity index (χ1n) is 13.4. The van der Waals surface area contributed by atoms with Gasteiger partial charge < -0.3 is 0 Å². The Kier molecular flexibility index (Phi) is 6.90. The second-order valence-corrected chi connectivity index (χ2v) is 10.9. The summed E-state index contributed by atoms with van der Waals surface area (Å²) in [6.07, 6.45) is 18.5. The van der Waals surface area contributed by atoms with Crippen molar-refractivity contribution in [3.05, 3.63) is 126 Å². The van der Waals surface area contributed by atoms with Gasteiger partial charge in [-0.05, 0) is 95.5 Å². The first kappa shape index (κ1) is 24.3. The van der Waals surface area contributed by atoms with Gasteiger partial charge in [-0.2, -0.15) is 0 Å². The molecule has 6 rings (SSSR count). The summed E-state index contributed by atoms with van der Waals surface area (Å²) in [5.74, 6) is 0. The van der Waals surface area contributed by atoms with Crippen molar-refractivity contribution in [1.82, 2.24) is 4.98 Å². The highest BCUT2D eigenvalue weighted by molar-refractivity contribution is 7.21. The Balaban J connectivity index is 1.36. The predicted octanol–water partition coefficient (Wildman–Crippen LogP) is 10.7. The van der Waals surface area contributed by atoms with E-state index in [0.29, 0.717) is 0 Å². The molecule has 2 heteroatoms. The molecule has 38 heavy (non-hydrogen) atoms. The average Bonchev–Trinajstić information content (AvgIpc) is 3.24. The topological polar surface area (TPSA) is 12.9 Å². The minimum absolute atomic E-state index is 1.06. The van der Waals surface area contributed by atoms with Gasteiger partial charge in [0, 0.05) is 5.56 Å². The first-order valence-corrected chi connectivity index (χ1v) is 14.2. The Hall–Kier alpha value is -4.01. The smallest absolute Gasteiger partial charge is 0.124 e. The SMILES string of the molecule is C\C=C/C=C\C=C(/C)c1ccc(-c2nc3ccc(-c4cc5c(c6ccccc46)CCCC=C5)cc3s2)cc1. The van der Waals surface area contributed by atoms with E-state index >= 15 is 0 Å². The fraction of sp³-hybridized carbons (Fsp3) is 0.139. The van der Waals surface area contributed by atoms with Crippen LogP contribution in [0.1, 0.15) is 43.4 Å². The first-order chi connectivity index (χ1) is 18.7. The Labute approximate surface area is 229 Å². The van der Waals surface area contributed by atoms with E-state index in [1.807, 2.05) is 19.1 Å². The normalized spacial score (nSPS) is 14.1. The molecule has 0 aliphatic heterocycles. The van der Waals surface area contributed by atoms with E-state index in [2.05, 4.69) is 110 Å². The van der Waals surface area contributed by atoms with Gasteiger partial charge in [-0.3, -0.25) is 0 Å². The van der Waals surface area contributed by atoms with Crippen molar-refractivity contribution in [2.24, 2.45) is 0 Å². The van der Waals surface area contributed by atoms with Crippen molar-refractivity contribution < 1.29 is 0 Å². The molecule has 0 bridgehead atoms. The Morgan fingerprint density at radius 3 is 2.53 bits per heavy atom. The van der Waals surface area contributed by atoms with Crippen LogP contribution >= 0.6 is 11.3 Å². The van der Waals surface area contributed by atoms with Crippen LogP contribution in [0.5, 0.6) is 0 Å². The van der Waals surface area contributed by atoms with E-state index in [1.54, 1.807) is 11.3 Å². The van der Waals surface area contributed by atoms with Gasteiger partial charge in [-0.1, -0.05) is 97.1 Å². The summed E-state index contributed by atoms with van der Waals surface area (Å²) in [5, 5.41) is 3.79. The highest BCUT2D eigenvalue weighted by Crippen LogP contribution is 2.38. The predicted molar refractivity (Wildman–Crippen MR) is 168 cm³/mol. The molecule has 0 saturated heterocycles. The molecule has 0 fully saturated rings. The number of nitrogens with zero attached hydrogens (tertiary/aromatic N) is 1. The van der Waals surface area contributed by atoms with Crippen LogP contribution in [0.2, 0.25) is 0 Å². The summed E-state index contributed by atoms with van der Waals surface area (Å²) in [5.41, 5.74) is 10.1. The van der Waals surface area contributed by atoms with Gasteiger partial charge in [0.05, 0.1) is 10.2 Å². The molecule has 0 N–H and O–H groups in total. The third-order valence-electron chi connectivity index (χ3n) is 7.33. The third kappa shape index (κ3) is 4.80. The van der Waals surface area contributed by atoms with Gasteiger partial charge in [0.15, 0.2) is 0 Å². The lowest BCUT2D eigenvalue weighted by Gasteiger charge is -2.14. The quantitative estimate of drug-likeness (QED) is 0.215. The fourth-order valence-corrected chi connectivity index (χ4v) is 6.30.